The van der Waals surface area contributed by atoms with E-state index in [0.29, 0.717) is 0 Å². The summed E-state index contributed by atoms with van der Waals surface area (Å²) < 4.78 is 0. The number of piperidine rings is 1. The van der Waals surface area contributed by atoms with Crippen molar-refractivity contribution in [1.82, 2.24) is 10.3 Å². The van der Waals surface area contributed by atoms with Crippen LogP contribution in [0, 0.1) is 5.92 Å². The molecule has 1 N–H and O–H groups in total. The predicted molar refractivity (Wildman–Crippen MR) is 83.9 cm³/mol. The Hall–Kier alpha value is -1.09. The Labute approximate surface area is 122 Å². The van der Waals surface area contributed by atoms with E-state index in [4.69, 9.17) is 0 Å². The normalized spacial score (nSPS) is 25.8. The van der Waals surface area contributed by atoms with E-state index in [1.54, 1.807) is 0 Å². The molecule has 0 amide bonds. The van der Waals surface area contributed by atoms with Gasteiger partial charge in [0.05, 0.1) is 0 Å². The number of pyridine rings is 1. The Kier molecular flexibility index (Phi) is 4.56. The van der Waals surface area contributed by atoms with Crippen LogP contribution in [0.1, 0.15) is 51.0 Å². The van der Waals surface area contributed by atoms with E-state index in [0.717, 1.165) is 25.0 Å². The van der Waals surface area contributed by atoms with Crippen molar-refractivity contribution in [1.29, 1.82) is 0 Å². The van der Waals surface area contributed by atoms with Crippen molar-refractivity contribution in [2.24, 2.45) is 5.92 Å². The number of rotatable bonds is 5. The summed E-state index contributed by atoms with van der Waals surface area (Å²) in [6.45, 7) is 5.45. The second-order valence-electron chi connectivity index (χ2n) is 6.29. The summed E-state index contributed by atoms with van der Waals surface area (Å²) in [5, 5.41) is 3.48. The molecule has 110 valence electrons. The predicted octanol–water partition coefficient (Wildman–Crippen LogP) is 3.35. The van der Waals surface area contributed by atoms with E-state index in [2.05, 4.69) is 34.3 Å². The first-order chi connectivity index (χ1) is 9.88. The van der Waals surface area contributed by atoms with Crippen LogP contribution in [-0.2, 0) is 6.54 Å². The van der Waals surface area contributed by atoms with E-state index < -0.39 is 0 Å². The van der Waals surface area contributed by atoms with Gasteiger partial charge in [0.15, 0.2) is 0 Å². The first-order valence-electron chi connectivity index (χ1n) is 8.31. The summed E-state index contributed by atoms with van der Waals surface area (Å²) >= 11 is 0. The van der Waals surface area contributed by atoms with Crippen molar-refractivity contribution < 1.29 is 0 Å². The molecule has 0 bridgehead atoms. The van der Waals surface area contributed by atoms with Gasteiger partial charge in [0.2, 0.25) is 0 Å². The first-order valence-corrected chi connectivity index (χ1v) is 8.31. The molecule has 2 atom stereocenters. The summed E-state index contributed by atoms with van der Waals surface area (Å²) in [6, 6.07) is 5.20. The number of hydrogen-bond acceptors (Lipinski definition) is 3. The Bertz CT molecular complexity index is 432. The van der Waals surface area contributed by atoms with Crippen molar-refractivity contribution in [3.63, 3.8) is 0 Å². The lowest BCUT2D eigenvalue weighted by atomic mass is 9.92. The Morgan fingerprint density at radius 2 is 2.20 bits per heavy atom. The number of aromatic nitrogens is 1. The summed E-state index contributed by atoms with van der Waals surface area (Å²) in [5.74, 6) is 2.13. The van der Waals surface area contributed by atoms with E-state index in [1.807, 2.05) is 6.20 Å². The third-order valence-corrected chi connectivity index (χ3v) is 4.85. The molecular weight excluding hydrogens is 246 g/mol. The molecule has 20 heavy (non-hydrogen) atoms. The maximum absolute atomic E-state index is 4.65. The Balaban J connectivity index is 1.70. The first kappa shape index (κ1) is 13.9. The molecule has 1 aromatic rings. The number of nitrogens with one attached hydrogen (secondary N) is 1. The van der Waals surface area contributed by atoms with Gasteiger partial charge in [-0.3, -0.25) is 0 Å². The number of hydrogen-bond donors (Lipinski definition) is 1. The van der Waals surface area contributed by atoms with Gasteiger partial charge in [-0.15, -0.1) is 0 Å². The van der Waals surface area contributed by atoms with E-state index in [9.17, 15) is 0 Å². The van der Waals surface area contributed by atoms with Crippen LogP contribution in [0.15, 0.2) is 18.3 Å². The zero-order valence-electron chi connectivity index (χ0n) is 12.6. The zero-order chi connectivity index (χ0) is 13.8. The average molecular weight is 273 g/mol. The summed E-state index contributed by atoms with van der Waals surface area (Å²) in [5.41, 5.74) is 1.36. The van der Waals surface area contributed by atoms with E-state index in [1.165, 1.54) is 56.5 Å². The fraction of sp³-hybridized carbons (Fsp3) is 0.706. The Morgan fingerprint density at radius 3 is 3.10 bits per heavy atom. The standard InChI is InChI=1S/C17H27N3/c1-2-9-18-13-14-8-10-19-17(12-14)20-11-4-6-15-5-3-7-16(15)20/h8,10,12,15-16,18H,2-7,9,11,13H2,1H3. The van der Waals surface area contributed by atoms with Crippen LogP contribution in [0.5, 0.6) is 0 Å². The summed E-state index contributed by atoms with van der Waals surface area (Å²) in [7, 11) is 0. The van der Waals surface area contributed by atoms with Gasteiger partial charge in [0.1, 0.15) is 5.82 Å². The molecule has 2 unspecified atom stereocenters. The molecule has 1 aliphatic carbocycles. The quantitative estimate of drug-likeness (QED) is 0.834. The molecule has 0 aromatic carbocycles. The molecule has 0 spiro atoms. The van der Waals surface area contributed by atoms with Crippen molar-refractivity contribution >= 4 is 5.82 Å². The smallest absolute Gasteiger partial charge is 0.129 e. The van der Waals surface area contributed by atoms with Crippen molar-refractivity contribution in [3.05, 3.63) is 23.9 Å². The lowest BCUT2D eigenvalue weighted by Crippen LogP contribution is -2.43. The molecule has 2 aliphatic rings. The molecule has 1 saturated heterocycles. The maximum Gasteiger partial charge on any atom is 0.129 e. The van der Waals surface area contributed by atoms with E-state index in [-0.39, 0.29) is 0 Å². The molecule has 0 radical (unpaired) electrons. The highest BCUT2D eigenvalue weighted by molar-refractivity contribution is 5.43. The van der Waals surface area contributed by atoms with Gasteiger partial charge in [-0.2, -0.15) is 0 Å². The zero-order valence-corrected chi connectivity index (χ0v) is 12.6. The third-order valence-electron chi connectivity index (χ3n) is 4.85. The molecule has 3 nitrogen and oxygen atoms in total. The van der Waals surface area contributed by atoms with E-state index >= 15 is 0 Å². The van der Waals surface area contributed by atoms with Gasteiger partial charge in [-0.05, 0) is 62.3 Å². The monoisotopic (exact) mass is 273 g/mol. The maximum atomic E-state index is 4.65. The molecule has 1 saturated carbocycles. The lowest BCUT2D eigenvalue weighted by Gasteiger charge is -2.38. The molecular formula is C17H27N3. The molecule has 3 rings (SSSR count). The van der Waals surface area contributed by atoms with Gasteiger partial charge >= 0.3 is 0 Å². The van der Waals surface area contributed by atoms with Gasteiger partial charge in [-0.1, -0.05) is 13.3 Å². The second kappa shape index (κ2) is 6.57. The minimum atomic E-state index is 0.759. The highest BCUT2D eigenvalue weighted by Crippen LogP contribution is 2.38. The topological polar surface area (TPSA) is 28.2 Å². The fourth-order valence-corrected chi connectivity index (χ4v) is 3.88. The molecule has 3 heteroatoms. The van der Waals surface area contributed by atoms with Crippen LogP contribution in [0.25, 0.3) is 0 Å². The van der Waals surface area contributed by atoms with Crippen LogP contribution >= 0.6 is 0 Å². The van der Waals surface area contributed by atoms with Crippen LogP contribution in [0.3, 0.4) is 0 Å². The van der Waals surface area contributed by atoms with Crippen molar-refractivity contribution in [2.75, 3.05) is 18.0 Å². The average Bonchev–Trinajstić information content (AvgIpc) is 2.96. The van der Waals surface area contributed by atoms with Gasteiger partial charge in [0.25, 0.3) is 0 Å². The highest BCUT2D eigenvalue weighted by atomic mass is 15.2. The van der Waals surface area contributed by atoms with Crippen LogP contribution in [0.2, 0.25) is 0 Å². The molecule has 1 aromatic heterocycles. The largest absolute Gasteiger partial charge is 0.353 e. The molecule has 1 aliphatic heterocycles. The van der Waals surface area contributed by atoms with Crippen molar-refractivity contribution in [2.45, 2.75) is 58.0 Å². The van der Waals surface area contributed by atoms with Crippen LogP contribution in [0.4, 0.5) is 5.82 Å². The number of nitrogens with zero attached hydrogens (tertiary/aromatic N) is 2. The number of fused-ring (bicyclic) bond motifs is 1. The van der Waals surface area contributed by atoms with Gasteiger partial charge in [0, 0.05) is 25.3 Å². The SMILES string of the molecule is CCCNCc1ccnc(N2CCCC3CCCC32)c1. The van der Waals surface area contributed by atoms with Crippen LogP contribution < -0.4 is 10.2 Å². The van der Waals surface area contributed by atoms with Crippen LogP contribution in [-0.4, -0.2) is 24.1 Å². The molecule has 2 heterocycles. The third kappa shape index (κ3) is 2.98. The molecule has 2 fully saturated rings. The highest BCUT2D eigenvalue weighted by Gasteiger charge is 2.35. The minimum Gasteiger partial charge on any atom is -0.353 e. The second-order valence-corrected chi connectivity index (χ2v) is 6.29. The van der Waals surface area contributed by atoms with Gasteiger partial charge in [-0.25, -0.2) is 4.98 Å². The summed E-state index contributed by atoms with van der Waals surface area (Å²) in [6.07, 6.45) is 10.1. The lowest BCUT2D eigenvalue weighted by molar-refractivity contribution is 0.360. The number of anilines is 1. The van der Waals surface area contributed by atoms with Gasteiger partial charge < -0.3 is 10.2 Å². The minimum absolute atomic E-state index is 0.759. The fourth-order valence-electron chi connectivity index (χ4n) is 3.88. The Morgan fingerprint density at radius 1 is 1.30 bits per heavy atom. The van der Waals surface area contributed by atoms with Crippen molar-refractivity contribution in [3.8, 4) is 0 Å². The summed E-state index contributed by atoms with van der Waals surface area (Å²) in [4.78, 5) is 7.24.